The predicted molar refractivity (Wildman–Crippen MR) is 228 cm³/mol. The van der Waals surface area contributed by atoms with Crippen LogP contribution in [0.2, 0.25) is 0 Å². The number of allylic oxidation sites excluding steroid dienone is 1. The summed E-state index contributed by atoms with van der Waals surface area (Å²) in [6.07, 6.45) is 10.7. The van der Waals surface area contributed by atoms with Crippen LogP contribution in [0, 0.1) is 0 Å². The molecule has 0 unspecified atom stereocenters. The van der Waals surface area contributed by atoms with Crippen LogP contribution >= 0.6 is 0 Å². The minimum Gasteiger partial charge on any atom is -0.309 e. The van der Waals surface area contributed by atoms with Crippen LogP contribution in [0.3, 0.4) is 0 Å². The summed E-state index contributed by atoms with van der Waals surface area (Å²) in [6, 6.07) is 56.5. The Morgan fingerprint density at radius 1 is 0.426 bits per heavy atom. The second-order valence-corrected chi connectivity index (χ2v) is 13.4. The topological polar surface area (TPSA) is 35.6 Å². The van der Waals surface area contributed by atoms with E-state index < -0.39 is 0 Å². The summed E-state index contributed by atoms with van der Waals surface area (Å²) >= 11 is 0. The number of pyridine rings is 2. The SMILES string of the molecule is C=CCC.c1ccc(-c2ccc3c(c2)c2cnccc2n3-c2ccc(-c3ccc(-n4c5ccncc5c5cc(-c6ccccc6)ccc54)cc3)cc2)cc1. The standard InChI is InChI=1S/C46H30N4.C4H8/c1-3-7-31(8-4-1)35-15-21-43-39(27-35)41-29-47-25-23-45(41)49(43)37-17-11-33(12-18-37)34-13-19-38(20-14-34)50-44-22-16-36(32-9-5-2-6-10-32)28-40(44)42-30-48-26-24-46(42)50;1-3-4-2/h1-30H;3H,1,4H2,2H3. The van der Waals surface area contributed by atoms with Crippen LogP contribution in [-0.4, -0.2) is 19.1 Å². The summed E-state index contributed by atoms with van der Waals surface area (Å²) in [5, 5.41) is 4.70. The minimum absolute atomic E-state index is 1.08. The van der Waals surface area contributed by atoms with Crippen molar-refractivity contribution in [2.45, 2.75) is 13.3 Å². The molecule has 0 atom stereocenters. The smallest absolute Gasteiger partial charge is 0.0571 e. The first-order valence-corrected chi connectivity index (χ1v) is 18.4. The normalized spacial score (nSPS) is 11.2. The molecule has 0 bridgehead atoms. The number of aromatic nitrogens is 4. The fourth-order valence-corrected chi connectivity index (χ4v) is 7.51. The minimum atomic E-state index is 1.08. The molecule has 4 nitrogen and oxygen atoms in total. The Morgan fingerprint density at radius 2 is 0.778 bits per heavy atom. The molecule has 4 aromatic heterocycles. The Hall–Kier alpha value is -7.04. The van der Waals surface area contributed by atoms with Crippen molar-refractivity contribution in [3.63, 3.8) is 0 Å². The van der Waals surface area contributed by atoms with Gasteiger partial charge in [-0.05, 0) is 100 Å². The monoisotopic (exact) mass is 694 g/mol. The van der Waals surface area contributed by atoms with Crippen molar-refractivity contribution in [1.82, 2.24) is 19.1 Å². The van der Waals surface area contributed by atoms with Gasteiger partial charge in [0.2, 0.25) is 0 Å². The molecule has 0 spiro atoms. The van der Waals surface area contributed by atoms with Gasteiger partial charge in [0.1, 0.15) is 0 Å². The zero-order chi connectivity index (χ0) is 36.4. The highest BCUT2D eigenvalue weighted by Crippen LogP contribution is 2.37. The molecule has 10 aromatic rings. The molecule has 6 aromatic carbocycles. The summed E-state index contributed by atoms with van der Waals surface area (Å²) < 4.78 is 4.68. The third-order valence-electron chi connectivity index (χ3n) is 10.2. The van der Waals surface area contributed by atoms with Gasteiger partial charge in [0.25, 0.3) is 0 Å². The number of rotatable bonds is 6. The first-order chi connectivity index (χ1) is 26.7. The quantitative estimate of drug-likeness (QED) is 0.162. The Labute approximate surface area is 314 Å². The third kappa shape index (κ3) is 5.84. The Morgan fingerprint density at radius 3 is 1.17 bits per heavy atom. The van der Waals surface area contributed by atoms with E-state index >= 15 is 0 Å². The molecule has 0 saturated heterocycles. The van der Waals surface area contributed by atoms with Gasteiger partial charge >= 0.3 is 0 Å². The second-order valence-electron chi connectivity index (χ2n) is 13.4. The molecule has 4 heterocycles. The molecule has 0 aliphatic rings. The number of fused-ring (bicyclic) bond motifs is 6. The first-order valence-electron chi connectivity index (χ1n) is 18.4. The van der Waals surface area contributed by atoms with Gasteiger partial charge in [0.15, 0.2) is 0 Å². The lowest BCUT2D eigenvalue weighted by Crippen LogP contribution is -1.95. The highest BCUT2D eigenvalue weighted by Gasteiger charge is 2.16. The molecule has 258 valence electrons. The summed E-state index contributed by atoms with van der Waals surface area (Å²) in [6.45, 7) is 5.54. The molecule has 0 amide bonds. The molecule has 0 radical (unpaired) electrons. The van der Waals surface area contributed by atoms with Crippen molar-refractivity contribution < 1.29 is 0 Å². The van der Waals surface area contributed by atoms with Crippen molar-refractivity contribution >= 4 is 43.6 Å². The van der Waals surface area contributed by atoms with E-state index in [1.165, 1.54) is 55.2 Å². The van der Waals surface area contributed by atoms with Crippen molar-refractivity contribution in [1.29, 1.82) is 0 Å². The van der Waals surface area contributed by atoms with E-state index in [4.69, 9.17) is 0 Å². The molecule has 0 fully saturated rings. The molecule has 4 heteroatoms. The number of hydrogen-bond acceptors (Lipinski definition) is 2. The molecular weight excluding hydrogens is 657 g/mol. The van der Waals surface area contributed by atoms with Gasteiger partial charge in [0.05, 0.1) is 22.1 Å². The summed E-state index contributed by atoms with van der Waals surface area (Å²) in [4.78, 5) is 8.97. The lowest BCUT2D eigenvalue weighted by molar-refractivity contribution is 1.17. The maximum atomic E-state index is 4.48. The average Bonchev–Trinajstić information content (AvgIpc) is 3.77. The van der Waals surface area contributed by atoms with E-state index in [9.17, 15) is 0 Å². The lowest BCUT2D eigenvalue weighted by atomic mass is 10.0. The number of benzene rings is 6. The van der Waals surface area contributed by atoms with Gasteiger partial charge in [0, 0.05) is 57.7 Å². The van der Waals surface area contributed by atoms with Gasteiger partial charge in [-0.25, -0.2) is 0 Å². The molecular formula is C50H38N4. The van der Waals surface area contributed by atoms with Gasteiger partial charge in [-0.3, -0.25) is 9.97 Å². The van der Waals surface area contributed by atoms with Crippen LogP contribution in [-0.2, 0) is 0 Å². The summed E-state index contributed by atoms with van der Waals surface area (Å²) in [5.41, 5.74) is 14.1. The molecule has 0 N–H and O–H groups in total. The zero-order valence-electron chi connectivity index (χ0n) is 30.1. The van der Waals surface area contributed by atoms with Crippen molar-refractivity contribution in [3.8, 4) is 44.8 Å². The maximum absolute atomic E-state index is 4.48. The van der Waals surface area contributed by atoms with Gasteiger partial charge < -0.3 is 9.13 Å². The van der Waals surface area contributed by atoms with Crippen molar-refractivity contribution in [2.24, 2.45) is 0 Å². The van der Waals surface area contributed by atoms with E-state index in [0.717, 1.165) is 39.6 Å². The molecule has 0 aliphatic carbocycles. The largest absolute Gasteiger partial charge is 0.309 e. The van der Waals surface area contributed by atoms with E-state index in [1.54, 1.807) is 0 Å². The van der Waals surface area contributed by atoms with Gasteiger partial charge in [-0.2, -0.15) is 0 Å². The van der Waals surface area contributed by atoms with Crippen LogP contribution in [0.4, 0.5) is 0 Å². The number of nitrogens with zero attached hydrogens (tertiary/aromatic N) is 4. The van der Waals surface area contributed by atoms with Crippen molar-refractivity contribution in [2.75, 3.05) is 0 Å². The van der Waals surface area contributed by atoms with E-state index in [2.05, 4.69) is 190 Å². The van der Waals surface area contributed by atoms with Crippen LogP contribution in [0.1, 0.15) is 13.3 Å². The van der Waals surface area contributed by atoms with Crippen LogP contribution in [0.25, 0.3) is 88.4 Å². The lowest BCUT2D eigenvalue weighted by Gasteiger charge is -2.11. The van der Waals surface area contributed by atoms with E-state index in [0.29, 0.717) is 0 Å². The summed E-state index contributed by atoms with van der Waals surface area (Å²) in [7, 11) is 0. The van der Waals surface area contributed by atoms with E-state index in [1.807, 2.05) is 30.9 Å². The second kappa shape index (κ2) is 14.2. The summed E-state index contributed by atoms with van der Waals surface area (Å²) in [5.74, 6) is 0. The van der Waals surface area contributed by atoms with Gasteiger partial charge in [-0.1, -0.05) is 110 Å². The Balaban J connectivity index is 0.000000918. The predicted octanol–water partition coefficient (Wildman–Crippen LogP) is 13.3. The zero-order valence-corrected chi connectivity index (χ0v) is 30.1. The highest BCUT2D eigenvalue weighted by atomic mass is 15.0. The molecule has 10 rings (SSSR count). The molecule has 0 saturated carbocycles. The van der Waals surface area contributed by atoms with Gasteiger partial charge in [-0.15, -0.1) is 6.58 Å². The Kier molecular flexibility index (Phi) is 8.62. The van der Waals surface area contributed by atoms with Crippen LogP contribution in [0.15, 0.2) is 195 Å². The fraction of sp³-hybridized carbons (Fsp3) is 0.0400. The van der Waals surface area contributed by atoms with Crippen LogP contribution in [0.5, 0.6) is 0 Å². The number of hydrogen-bond donors (Lipinski definition) is 0. The van der Waals surface area contributed by atoms with Crippen molar-refractivity contribution in [3.05, 3.63) is 195 Å². The molecule has 54 heavy (non-hydrogen) atoms. The van der Waals surface area contributed by atoms with E-state index in [-0.39, 0.29) is 0 Å². The highest BCUT2D eigenvalue weighted by molar-refractivity contribution is 6.11. The fourth-order valence-electron chi connectivity index (χ4n) is 7.51. The molecule has 0 aliphatic heterocycles. The first kappa shape index (κ1) is 32.8. The van der Waals surface area contributed by atoms with Crippen LogP contribution < -0.4 is 0 Å². The Bertz CT molecular complexity index is 2700. The maximum Gasteiger partial charge on any atom is 0.0571 e. The third-order valence-corrected chi connectivity index (χ3v) is 10.2. The average molecular weight is 695 g/mol.